The molecule has 56 valence electrons. The van der Waals surface area contributed by atoms with Gasteiger partial charge in [-0.3, -0.25) is 0 Å². The summed E-state index contributed by atoms with van der Waals surface area (Å²) in [5.41, 5.74) is 1.05. The van der Waals surface area contributed by atoms with Gasteiger partial charge in [-0.05, 0) is 11.5 Å². The highest BCUT2D eigenvalue weighted by Crippen LogP contribution is 2.08. The van der Waals surface area contributed by atoms with Crippen molar-refractivity contribution in [3.63, 3.8) is 0 Å². The Hall–Kier alpha value is -0.810. The van der Waals surface area contributed by atoms with E-state index in [0.717, 1.165) is 5.57 Å². The van der Waals surface area contributed by atoms with Crippen LogP contribution in [0.25, 0.3) is 0 Å². The Morgan fingerprint density at radius 2 is 2.30 bits per heavy atom. The zero-order valence-electron chi connectivity index (χ0n) is 6.72. The largest absolute Gasteiger partial charge is 0.380 e. The number of nitriles is 1. The van der Waals surface area contributed by atoms with Crippen LogP contribution in [-0.2, 0) is 4.74 Å². The molecule has 0 aliphatic carbocycles. The van der Waals surface area contributed by atoms with Crippen molar-refractivity contribution in [1.29, 1.82) is 5.26 Å². The summed E-state index contributed by atoms with van der Waals surface area (Å²) in [6.07, 6.45) is 1.55. The van der Waals surface area contributed by atoms with Crippen molar-refractivity contribution < 1.29 is 4.74 Å². The zero-order chi connectivity index (χ0) is 7.98. The van der Waals surface area contributed by atoms with E-state index < -0.39 is 0 Å². The van der Waals surface area contributed by atoms with Gasteiger partial charge in [0.15, 0.2) is 0 Å². The molecule has 0 aromatic carbocycles. The van der Waals surface area contributed by atoms with Crippen molar-refractivity contribution in [2.75, 3.05) is 13.7 Å². The van der Waals surface area contributed by atoms with E-state index in [4.69, 9.17) is 10.00 Å². The van der Waals surface area contributed by atoms with Gasteiger partial charge in [-0.25, -0.2) is 0 Å². The second-order valence-electron chi connectivity index (χ2n) is 2.44. The van der Waals surface area contributed by atoms with E-state index in [1.54, 1.807) is 13.2 Å². The second-order valence-corrected chi connectivity index (χ2v) is 2.44. The molecule has 2 nitrogen and oxygen atoms in total. The normalized spacial score (nSPS) is 11.7. The van der Waals surface area contributed by atoms with Gasteiger partial charge in [0, 0.05) is 13.2 Å². The molecule has 2 heteroatoms. The average Bonchev–Trinajstić information content (AvgIpc) is 1.87. The summed E-state index contributed by atoms with van der Waals surface area (Å²) in [5.74, 6) is 0.402. The van der Waals surface area contributed by atoms with Crippen LogP contribution in [0.15, 0.2) is 11.6 Å². The highest BCUT2D eigenvalue weighted by atomic mass is 16.5. The maximum Gasteiger partial charge on any atom is 0.0912 e. The van der Waals surface area contributed by atoms with Gasteiger partial charge in [0.05, 0.1) is 12.7 Å². The topological polar surface area (TPSA) is 33.0 Å². The Balaban J connectivity index is 4.01. The number of allylic oxidation sites excluding steroid dienone is 1. The number of hydrogen-bond acceptors (Lipinski definition) is 2. The Bertz CT molecular complexity index is 153. The molecular formula is C8H13NO. The first-order valence-corrected chi connectivity index (χ1v) is 3.29. The molecule has 0 bridgehead atoms. The molecule has 0 fully saturated rings. The summed E-state index contributed by atoms with van der Waals surface area (Å²) in [6.45, 7) is 4.65. The molecule has 0 aliphatic rings. The van der Waals surface area contributed by atoms with Crippen LogP contribution in [0.3, 0.4) is 0 Å². The van der Waals surface area contributed by atoms with Crippen molar-refractivity contribution >= 4 is 0 Å². The maximum atomic E-state index is 8.33. The molecule has 0 unspecified atom stereocenters. The predicted molar refractivity (Wildman–Crippen MR) is 40.4 cm³/mol. The van der Waals surface area contributed by atoms with Crippen LogP contribution in [0.5, 0.6) is 0 Å². The number of nitrogens with zero attached hydrogens (tertiary/aromatic N) is 1. The molecule has 0 atom stereocenters. The highest BCUT2D eigenvalue weighted by molar-refractivity contribution is 5.15. The Kier molecular flexibility index (Phi) is 4.61. The van der Waals surface area contributed by atoms with E-state index in [9.17, 15) is 0 Å². The third-order valence-electron chi connectivity index (χ3n) is 1.30. The lowest BCUT2D eigenvalue weighted by molar-refractivity contribution is 0.218. The lowest BCUT2D eigenvalue weighted by Gasteiger charge is -2.07. The van der Waals surface area contributed by atoms with Gasteiger partial charge in [-0.2, -0.15) is 5.26 Å². The molecule has 0 amide bonds. The lowest BCUT2D eigenvalue weighted by atomic mass is 10.0. The average molecular weight is 139 g/mol. The van der Waals surface area contributed by atoms with Crippen molar-refractivity contribution in [2.45, 2.75) is 13.8 Å². The van der Waals surface area contributed by atoms with Crippen molar-refractivity contribution in [3.05, 3.63) is 11.6 Å². The number of hydrogen-bond donors (Lipinski definition) is 0. The first-order chi connectivity index (χ1) is 4.72. The predicted octanol–water partition coefficient (Wildman–Crippen LogP) is 1.74. The van der Waals surface area contributed by atoms with Crippen molar-refractivity contribution in [2.24, 2.45) is 5.92 Å². The van der Waals surface area contributed by atoms with Crippen molar-refractivity contribution in [3.8, 4) is 6.07 Å². The van der Waals surface area contributed by atoms with E-state index in [2.05, 4.69) is 0 Å². The molecule has 0 heterocycles. The van der Waals surface area contributed by atoms with Crippen LogP contribution in [0, 0.1) is 17.2 Å². The van der Waals surface area contributed by atoms with Gasteiger partial charge in [-0.15, -0.1) is 0 Å². The Morgan fingerprint density at radius 3 is 2.60 bits per heavy atom. The third kappa shape index (κ3) is 3.26. The molecular weight excluding hydrogens is 126 g/mol. The summed E-state index contributed by atoms with van der Waals surface area (Å²) < 4.78 is 4.90. The number of ether oxygens (including phenoxy) is 1. The summed E-state index contributed by atoms with van der Waals surface area (Å²) in [7, 11) is 1.63. The van der Waals surface area contributed by atoms with E-state index in [1.807, 2.05) is 19.9 Å². The fourth-order valence-electron chi connectivity index (χ4n) is 0.625. The van der Waals surface area contributed by atoms with Gasteiger partial charge < -0.3 is 4.74 Å². The summed E-state index contributed by atoms with van der Waals surface area (Å²) >= 11 is 0. The molecule has 0 spiro atoms. The molecule has 10 heavy (non-hydrogen) atoms. The van der Waals surface area contributed by atoms with Crippen molar-refractivity contribution in [1.82, 2.24) is 0 Å². The van der Waals surface area contributed by atoms with E-state index in [-0.39, 0.29) is 0 Å². The smallest absolute Gasteiger partial charge is 0.0912 e. The van der Waals surface area contributed by atoms with E-state index >= 15 is 0 Å². The fraction of sp³-hybridized carbons (Fsp3) is 0.625. The van der Waals surface area contributed by atoms with E-state index in [0.29, 0.717) is 12.5 Å². The fourth-order valence-corrected chi connectivity index (χ4v) is 0.625. The summed E-state index contributed by atoms with van der Waals surface area (Å²) in [4.78, 5) is 0. The second kappa shape index (κ2) is 5.01. The maximum absolute atomic E-state index is 8.33. The van der Waals surface area contributed by atoms with Gasteiger partial charge in [0.25, 0.3) is 0 Å². The number of methoxy groups -OCH3 is 1. The SMILES string of the molecule is COCC(=CC#N)C(C)C. The Labute approximate surface area is 62.1 Å². The first-order valence-electron chi connectivity index (χ1n) is 3.29. The van der Waals surface area contributed by atoms with Crippen LogP contribution in [0.4, 0.5) is 0 Å². The van der Waals surface area contributed by atoms with Crippen LogP contribution >= 0.6 is 0 Å². The summed E-state index contributed by atoms with van der Waals surface area (Å²) in [5, 5.41) is 8.33. The van der Waals surface area contributed by atoms with Crippen LogP contribution < -0.4 is 0 Å². The highest BCUT2D eigenvalue weighted by Gasteiger charge is 2.00. The van der Waals surface area contributed by atoms with Gasteiger partial charge in [0.2, 0.25) is 0 Å². The zero-order valence-corrected chi connectivity index (χ0v) is 6.72. The summed E-state index contributed by atoms with van der Waals surface area (Å²) in [6, 6.07) is 1.99. The van der Waals surface area contributed by atoms with Gasteiger partial charge in [-0.1, -0.05) is 13.8 Å². The van der Waals surface area contributed by atoms with Crippen LogP contribution in [0.2, 0.25) is 0 Å². The van der Waals surface area contributed by atoms with Gasteiger partial charge in [0.1, 0.15) is 0 Å². The molecule has 0 radical (unpaired) electrons. The van der Waals surface area contributed by atoms with Crippen LogP contribution in [-0.4, -0.2) is 13.7 Å². The molecule has 0 rings (SSSR count). The monoisotopic (exact) mass is 139 g/mol. The van der Waals surface area contributed by atoms with E-state index in [1.165, 1.54) is 0 Å². The standard InChI is InChI=1S/C8H13NO/c1-7(2)8(4-5-9)6-10-3/h4,7H,6H2,1-3H3. The molecule has 0 saturated carbocycles. The minimum absolute atomic E-state index is 0.402. The lowest BCUT2D eigenvalue weighted by Crippen LogP contribution is -2.01. The molecule has 0 aromatic heterocycles. The number of rotatable bonds is 3. The molecule has 0 aliphatic heterocycles. The van der Waals surface area contributed by atoms with Gasteiger partial charge >= 0.3 is 0 Å². The minimum atomic E-state index is 0.402. The molecule has 0 aromatic rings. The third-order valence-corrected chi connectivity index (χ3v) is 1.30. The first kappa shape index (κ1) is 9.19. The quantitative estimate of drug-likeness (QED) is 0.558. The van der Waals surface area contributed by atoms with Crippen LogP contribution in [0.1, 0.15) is 13.8 Å². The minimum Gasteiger partial charge on any atom is -0.380 e. The molecule has 0 N–H and O–H groups in total. The molecule has 0 saturated heterocycles. The Morgan fingerprint density at radius 1 is 1.70 bits per heavy atom.